The number of benzene rings is 2. The zero-order chi connectivity index (χ0) is 23.8. The molecule has 0 bridgehead atoms. The first-order valence-electron chi connectivity index (χ1n) is 10.6. The first-order chi connectivity index (χ1) is 15.3. The molecule has 32 heavy (non-hydrogen) atoms. The van der Waals surface area contributed by atoms with Gasteiger partial charge in [0.1, 0.15) is 6.10 Å². The topological polar surface area (TPSA) is 128 Å². The molecule has 2 aromatic rings. The van der Waals surface area contributed by atoms with E-state index in [9.17, 15) is 9.59 Å². The molecule has 0 aliphatic carbocycles. The number of ether oxygens (including phenoxy) is 1. The number of hydrogen-bond acceptors (Lipinski definition) is 5. The van der Waals surface area contributed by atoms with Crippen LogP contribution < -0.4 is 10.6 Å². The van der Waals surface area contributed by atoms with Crippen LogP contribution in [0.3, 0.4) is 0 Å². The van der Waals surface area contributed by atoms with E-state index >= 15 is 0 Å². The van der Waals surface area contributed by atoms with Crippen LogP contribution in [-0.2, 0) is 17.6 Å². The Morgan fingerprint density at radius 2 is 1.31 bits per heavy atom. The number of carboxylic acid groups (broad SMARTS) is 1. The van der Waals surface area contributed by atoms with E-state index in [2.05, 4.69) is 10.6 Å². The van der Waals surface area contributed by atoms with Gasteiger partial charge in [0.2, 0.25) is 0 Å². The molecular weight excluding hydrogens is 412 g/mol. The maximum atomic E-state index is 11.6. The molecule has 3 unspecified atom stereocenters. The van der Waals surface area contributed by atoms with E-state index in [1.54, 1.807) is 0 Å². The third-order valence-electron chi connectivity index (χ3n) is 4.43. The van der Waals surface area contributed by atoms with Crippen molar-refractivity contribution >= 4 is 12.2 Å². The molecule has 176 valence electrons. The van der Waals surface area contributed by atoms with Crippen molar-refractivity contribution in [3.8, 4) is 0 Å². The Kier molecular flexibility index (Phi) is 13.2. The fourth-order valence-corrected chi connectivity index (χ4v) is 2.97. The van der Waals surface area contributed by atoms with Crippen molar-refractivity contribution in [1.82, 2.24) is 10.6 Å². The average molecular weight is 447 g/mol. The van der Waals surface area contributed by atoms with E-state index in [4.69, 9.17) is 20.1 Å². The lowest BCUT2D eigenvalue weighted by atomic mass is 10.1. The van der Waals surface area contributed by atoms with Crippen molar-refractivity contribution in [2.45, 2.75) is 51.3 Å². The van der Waals surface area contributed by atoms with Crippen LogP contribution in [0.25, 0.3) is 0 Å². The molecule has 0 aliphatic heterocycles. The summed E-state index contributed by atoms with van der Waals surface area (Å²) in [7, 11) is 0. The molecule has 2 amide bonds. The Bertz CT molecular complexity index is 773. The fourth-order valence-electron chi connectivity index (χ4n) is 2.97. The van der Waals surface area contributed by atoms with Gasteiger partial charge >= 0.3 is 12.2 Å². The fraction of sp³-hybridized carbons (Fsp3) is 0.417. The number of aliphatic hydroxyl groups excluding tert-OH is 2. The van der Waals surface area contributed by atoms with Gasteiger partial charge in [0.25, 0.3) is 0 Å². The zero-order valence-corrected chi connectivity index (χ0v) is 18.6. The van der Waals surface area contributed by atoms with Crippen molar-refractivity contribution in [3.63, 3.8) is 0 Å². The lowest BCUT2D eigenvalue weighted by molar-refractivity contribution is 0.0413. The third kappa shape index (κ3) is 12.6. The highest BCUT2D eigenvalue weighted by atomic mass is 16.6. The van der Waals surface area contributed by atoms with Crippen LogP contribution in [0, 0.1) is 0 Å². The van der Waals surface area contributed by atoms with Crippen LogP contribution in [-0.4, -0.2) is 58.9 Å². The summed E-state index contributed by atoms with van der Waals surface area (Å²) in [5, 5.41) is 31.3. The van der Waals surface area contributed by atoms with Gasteiger partial charge in [-0.2, -0.15) is 0 Å². The van der Waals surface area contributed by atoms with Crippen LogP contribution in [0.4, 0.5) is 9.59 Å². The minimum Gasteiger partial charge on any atom is -0.465 e. The first kappa shape index (κ1) is 26.9. The summed E-state index contributed by atoms with van der Waals surface area (Å²) in [6, 6.07) is 19.5. The second-order valence-electron chi connectivity index (χ2n) is 7.50. The van der Waals surface area contributed by atoms with Gasteiger partial charge in [-0.15, -0.1) is 0 Å². The Balaban J connectivity index is 0.000000343. The van der Waals surface area contributed by atoms with Gasteiger partial charge < -0.3 is 30.7 Å². The van der Waals surface area contributed by atoms with Crippen LogP contribution in [0.5, 0.6) is 0 Å². The molecule has 0 saturated heterocycles. The summed E-state index contributed by atoms with van der Waals surface area (Å²) in [4.78, 5) is 21.9. The molecule has 0 aromatic heterocycles. The van der Waals surface area contributed by atoms with Crippen LogP contribution >= 0.6 is 0 Å². The molecule has 0 saturated carbocycles. The van der Waals surface area contributed by atoms with E-state index in [1.165, 1.54) is 0 Å². The molecule has 8 heteroatoms. The lowest BCUT2D eigenvalue weighted by Crippen LogP contribution is -2.37. The minimum atomic E-state index is -0.969. The maximum Gasteiger partial charge on any atom is 0.407 e. The molecule has 3 atom stereocenters. The SMILES string of the molecule is CC(Cc1ccccc1)NC(=O)O.CC(Cc1ccccc1)NC(=O)OC(CO)CCO. The van der Waals surface area contributed by atoms with Gasteiger partial charge in [0.15, 0.2) is 0 Å². The first-order valence-corrected chi connectivity index (χ1v) is 10.6. The highest BCUT2D eigenvalue weighted by Crippen LogP contribution is 2.04. The third-order valence-corrected chi connectivity index (χ3v) is 4.43. The lowest BCUT2D eigenvalue weighted by Gasteiger charge is -2.18. The summed E-state index contributed by atoms with van der Waals surface area (Å²) < 4.78 is 4.99. The Labute approximate surface area is 189 Å². The van der Waals surface area contributed by atoms with Gasteiger partial charge in [0.05, 0.1) is 6.61 Å². The monoisotopic (exact) mass is 446 g/mol. The summed E-state index contributed by atoms with van der Waals surface area (Å²) in [6.45, 7) is 3.31. The van der Waals surface area contributed by atoms with E-state index in [1.807, 2.05) is 74.5 Å². The Morgan fingerprint density at radius 1 is 0.844 bits per heavy atom. The molecule has 8 nitrogen and oxygen atoms in total. The van der Waals surface area contributed by atoms with E-state index in [0.717, 1.165) is 17.5 Å². The number of aliphatic hydroxyl groups is 2. The van der Waals surface area contributed by atoms with Crippen molar-refractivity contribution in [2.24, 2.45) is 0 Å². The number of rotatable bonds is 10. The smallest absolute Gasteiger partial charge is 0.407 e. The number of alkyl carbamates (subject to hydrolysis) is 1. The summed E-state index contributed by atoms with van der Waals surface area (Å²) in [6.07, 6.45) is -0.530. The number of hydrogen-bond donors (Lipinski definition) is 5. The van der Waals surface area contributed by atoms with Crippen molar-refractivity contribution in [1.29, 1.82) is 0 Å². The summed E-state index contributed by atoms with van der Waals surface area (Å²) in [5.41, 5.74) is 2.27. The zero-order valence-electron chi connectivity index (χ0n) is 18.6. The molecule has 0 aliphatic rings. The second kappa shape index (κ2) is 15.7. The predicted molar refractivity (Wildman–Crippen MR) is 123 cm³/mol. The van der Waals surface area contributed by atoms with Crippen molar-refractivity contribution in [2.75, 3.05) is 13.2 Å². The maximum absolute atomic E-state index is 11.6. The van der Waals surface area contributed by atoms with Crippen LogP contribution in [0.2, 0.25) is 0 Å². The summed E-state index contributed by atoms with van der Waals surface area (Å²) >= 11 is 0. The quantitative estimate of drug-likeness (QED) is 0.382. The number of carbonyl (C=O) groups is 2. The molecule has 0 spiro atoms. The predicted octanol–water partition coefficient (Wildman–Crippen LogP) is 2.97. The highest BCUT2D eigenvalue weighted by Gasteiger charge is 2.15. The Morgan fingerprint density at radius 3 is 1.72 bits per heavy atom. The van der Waals surface area contributed by atoms with Gasteiger partial charge in [-0.05, 0) is 37.8 Å². The van der Waals surface area contributed by atoms with Crippen LogP contribution in [0.1, 0.15) is 31.4 Å². The largest absolute Gasteiger partial charge is 0.465 e. The van der Waals surface area contributed by atoms with Gasteiger partial charge in [-0.1, -0.05) is 60.7 Å². The van der Waals surface area contributed by atoms with Crippen molar-refractivity contribution < 1.29 is 29.6 Å². The molecular formula is C24H34N2O6. The molecule has 0 radical (unpaired) electrons. The van der Waals surface area contributed by atoms with Gasteiger partial charge in [-0.3, -0.25) is 0 Å². The van der Waals surface area contributed by atoms with E-state index in [-0.39, 0.29) is 31.7 Å². The highest BCUT2D eigenvalue weighted by molar-refractivity contribution is 5.67. The summed E-state index contributed by atoms with van der Waals surface area (Å²) in [5.74, 6) is 0. The number of carbonyl (C=O) groups excluding carboxylic acids is 1. The average Bonchev–Trinajstić information content (AvgIpc) is 2.74. The normalized spacial score (nSPS) is 13.0. The number of nitrogens with one attached hydrogen (secondary N) is 2. The number of amides is 2. The molecule has 0 fully saturated rings. The van der Waals surface area contributed by atoms with E-state index < -0.39 is 18.3 Å². The Hall–Kier alpha value is -3.10. The van der Waals surface area contributed by atoms with Crippen LogP contribution in [0.15, 0.2) is 60.7 Å². The molecule has 2 aromatic carbocycles. The molecule has 0 heterocycles. The van der Waals surface area contributed by atoms with Crippen molar-refractivity contribution in [3.05, 3.63) is 71.8 Å². The van der Waals surface area contributed by atoms with Gasteiger partial charge in [-0.25, -0.2) is 9.59 Å². The van der Waals surface area contributed by atoms with E-state index in [0.29, 0.717) is 6.42 Å². The standard InChI is InChI=1S/C14H21NO4.C10H13NO2/c1-11(9-12-5-3-2-4-6-12)15-14(18)19-13(10-17)7-8-16;1-8(11-10(12)13)7-9-5-3-2-4-6-9/h2-6,11,13,16-17H,7-10H2,1H3,(H,15,18);2-6,8,11H,7H2,1H3,(H,12,13). The minimum absolute atomic E-state index is 0.0418. The van der Waals surface area contributed by atoms with Gasteiger partial charge in [0, 0.05) is 25.1 Å². The second-order valence-corrected chi connectivity index (χ2v) is 7.50. The molecule has 5 N–H and O–H groups in total. The molecule has 2 rings (SSSR count).